The van der Waals surface area contributed by atoms with E-state index in [-0.39, 0.29) is 0 Å². The average molecular weight is 352 g/mol. The fourth-order valence-corrected chi connectivity index (χ4v) is 2.04. The fraction of sp³-hybridized carbons (Fsp3) is 0.167. The smallest absolute Gasteiger partial charge is 0.267 e. The maximum atomic E-state index is 13.9. The van der Waals surface area contributed by atoms with Crippen molar-refractivity contribution in [3.8, 4) is 5.69 Å². The lowest BCUT2D eigenvalue weighted by atomic mass is 10.2. The summed E-state index contributed by atoms with van der Waals surface area (Å²) in [6.45, 7) is 0.894. The van der Waals surface area contributed by atoms with Crippen molar-refractivity contribution in [2.24, 2.45) is 0 Å². The van der Waals surface area contributed by atoms with Gasteiger partial charge in [0.15, 0.2) is 5.82 Å². The van der Waals surface area contributed by atoms with Crippen LogP contribution < -0.4 is 5.56 Å². The van der Waals surface area contributed by atoms with Crippen molar-refractivity contribution in [3.05, 3.63) is 60.8 Å². The highest BCUT2D eigenvalue weighted by Crippen LogP contribution is 2.31. The summed E-state index contributed by atoms with van der Waals surface area (Å²) in [5, 5.41) is 13.5. The van der Waals surface area contributed by atoms with Gasteiger partial charge < -0.3 is 0 Å². The van der Waals surface area contributed by atoms with Gasteiger partial charge in [0, 0.05) is 17.7 Å². The van der Waals surface area contributed by atoms with Gasteiger partial charge in [-0.3, -0.25) is 14.9 Å². The number of nitro benzene ring substituents is 1. The molecule has 0 aliphatic rings. The van der Waals surface area contributed by atoms with E-state index in [2.05, 4.69) is 5.10 Å². The van der Waals surface area contributed by atoms with Gasteiger partial charge in [0.1, 0.15) is 10.7 Å². The highest BCUT2D eigenvalue weighted by Gasteiger charge is 2.34. The summed E-state index contributed by atoms with van der Waals surface area (Å²) in [7, 11) is 0. The molecule has 0 saturated heterocycles. The van der Waals surface area contributed by atoms with E-state index in [4.69, 9.17) is 11.6 Å². The number of benzene rings is 1. The summed E-state index contributed by atoms with van der Waals surface area (Å²) < 4.78 is 52.3. The quantitative estimate of drug-likeness (QED) is 0.472. The third-order valence-electron chi connectivity index (χ3n) is 2.97. The number of hydrogen-bond acceptors (Lipinski definition) is 4. The molecule has 23 heavy (non-hydrogen) atoms. The summed E-state index contributed by atoms with van der Waals surface area (Å²) in [5.74, 6) is -1.14. The van der Waals surface area contributed by atoms with Crippen LogP contribution in [0.2, 0.25) is 5.02 Å². The molecule has 1 aromatic heterocycles. The number of halogens is 5. The third-order valence-corrected chi connectivity index (χ3v) is 3.27. The van der Waals surface area contributed by atoms with Crippen LogP contribution in [0.15, 0.2) is 23.1 Å². The number of rotatable bonds is 2. The number of hydrogen-bond donors (Lipinski definition) is 0. The molecule has 2 rings (SSSR count). The lowest BCUT2D eigenvalue weighted by Gasteiger charge is -2.12. The second kappa shape index (κ2) is 5.61. The van der Waals surface area contributed by atoms with Gasteiger partial charge in [0.05, 0.1) is 16.7 Å². The molecule has 0 bridgehead atoms. The third kappa shape index (κ3) is 3.02. The fourth-order valence-electron chi connectivity index (χ4n) is 1.82. The predicted octanol–water partition coefficient (Wildman–Crippen LogP) is 3.26. The molecular weight excluding hydrogens is 346 g/mol. The first-order valence-electron chi connectivity index (χ1n) is 5.84. The van der Waals surface area contributed by atoms with Crippen LogP contribution in [0.25, 0.3) is 5.69 Å². The van der Waals surface area contributed by atoms with Crippen LogP contribution in [0.1, 0.15) is 11.1 Å². The van der Waals surface area contributed by atoms with Crippen molar-refractivity contribution >= 4 is 17.3 Å². The zero-order valence-electron chi connectivity index (χ0n) is 11.2. The molecule has 0 aliphatic carbocycles. The first-order valence-corrected chi connectivity index (χ1v) is 6.21. The largest absolute Gasteiger partial charge is 0.418 e. The molecule has 122 valence electrons. The maximum Gasteiger partial charge on any atom is 0.418 e. The Balaban J connectivity index is 2.74. The van der Waals surface area contributed by atoms with Crippen molar-refractivity contribution < 1.29 is 22.5 Å². The normalized spacial score (nSPS) is 11.6. The SMILES string of the molecule is Cc1c(C(F)(F)F)cnn(-c2cc([N+](=O)[O-])c(Cl)cc2F)c1=O. The number of nitrogens with zero attached hydrogens (tertiary/aromatic N) is 3. The molecular formula is C12H6ClF4N3O3. The number of alkyl halides is 3. The molecule has 0 atom stereocenters. The molecule has 0 aliphatic heterocycles. The Morgan fingerprint density at radius 3 is 2.48 bits per heavy atom. The van der Waals surface area contributed by atoms with Crippen molar-refractivity contribution in [1.29, 1.82) is 0 Å². The zero-order valence-corrected chi connectivity index (χ0v) is 11.9. The van der Waals surface area contributed by atoms with Crippen LogP contribution in [-0.4, -0.2) is 14.7 Å². The minimum Gasteiger partial charge on any atom is -0.267 e. The highest BCUT2D eigenvalue weighted by molar-refractivity contribution is 6.32. The summed E-state index contributed by atoms with van der Waals surface area (Å²) in [6.07, 6.45) is -4.46. The van der Waals surface area contributed by atoms with E-state index in [1.807, 2.05) is 0 Å². The van der Waals surface area contributed by atoms with Crippen LogP contribution in [0.5, 0.6) is 0 Å². The van der Waals surface area contributed by atoms with Gasteiger partial charge in [-0.15, -0.1) is 0 Å². The Kier molecular flexibility index (Phi) is 4.12. The Bertz CT molecular complexity index is 864. The lowest BCUT2D eigenvalue weighted by Crippen LogP contribution is -2.28. The average Bonchev–Trinajstić information content (AvgIpc) is 2.40. The van der Waals surface area contributed by atoms with Gasteiger partial charge in [0.25, 0.3) is 11.2 Å². The van der Waals surface area contributed by atoms with E-state index in [0.717, 1.165) is 6.92 Å². The summed E-state index contributed by atoms with van der Waals surface area (Å²) in [6, 6.07) is 1.20. The molecule has 1 heterocycles. The Labute approximate surface area is 130 Å². The Morgan fingerprint density at radius 2 is 1.96 bits per heavy atom. The molecule has 0 radical (unpaired) electrons. The summed E-state index contributed by atoms with van der Waals surface area (Å²) >= 11 is 5.50. The van der Waals surface area contributed by atoms with Crippen LogP contribution in [0, 0.1) is 22.9 Å². The molecule has 0 N–H and O–H groups in total. The van der Waals surface area contributed by atoms with Crippen molar-refractivity contribution in [3.63, 3.8) is 0 Å². The zero-order chi connectivity index (χ0) is 17.5. The predicted molar refractivity (Wildman–Crippen MR) is 71.2 cm³/mol. The standard InChI is InChI=1S/C12H6ClF4N3O3/c1-5-6(12(15,16)17)4-18-19(11(5)21)10-3-9(20(22)23)7(13)2-8(10)14/h2-4H,1H3. The van der Waals surface area contributed by atoms with E-state index < -0.39 is 50.0 Å². The van der Waals surface area contributed by atoms with E-state index in [1.54, 1.807) is 0 Å². The van der Waals surface area contributed by atoms with Gasteiger partial charge in [0.2, 0.25) is 0 Å². The van der Waals surface area contributed by atoms with Gasteiger partial charge in [-0.25, -0.2) is 4.39 Å². The maximum absolute atomic E-state index is 13.9. The van der Waals surface area contributed by atoms with Crippen molar-refractivity contribution in [2.75, 3.05) is 0 Å². The topological polar surface area (TPSA) is 78.0 Å². The number of aromatic nitrogens is 2. The number of nitro groups is 1. The molecule has 2 aromatic rings. The molecule has 0 spiro atoms. The van der Waals surface area contributed by atoms with Crippen LogP contribution in [0.3, 0.4) is 0 Å². The minimum atomic E-state index is -4.81. The van der Waals surface area contributed by atoms with E-state index in [0.29, 0.717) is 23.0 Å². The molecule has 0 fully saturated rings. The van der Waals surface area contributed by atoms with Crippen molar-refractivity contribution in [1.82, 2.24) is 9.78 Å². The van der Waals surface area contributed by atoms with Gasteiger partial charge in [-0.2, -0.15) is 23.0 Å². The Hall–Kier alpha value is -2.49. The van der Waals surface area contributed by atoms with Crippen LogP contribution in [-0.2, 0) is 6.18 Å². The van der Waals surface area contributed by atoms with Gasteiger partial charge in [-0.05, 0) is 6.92 Å². The van der Waals surface area contributed by atoms with E-state index in [9.17, 15) is 32.5 Å². The van der Waals surface area contributed by atoms with Gasteiger partial charge in [-0.1, -0.05) is 11.6 Å². The Morgan fingerprint density at radius 1 is 1.35 bits per heavy atom. The molecule has 6 nitrogen and oxygen atoms in total. The first-order chi connectivity index (χ1) is 10.5. The molecule has 0 saturated carbocycles. The molecule has 11 heteroatoms. The second-order valence-corrected chi connectivity index (χ2v) is 4.82. The van der Waals surface area contributed by atoms with Gasteiger partial charge >= 0.3 is 6.18 Å². The molecule has 0 unspecified atom stereocenters. The molecule has 1 aromatic carbocycles. The lowest BCUT2D eigenvalue weighted by molar-refractivity contribution is -0.384. The van der Waals surface area contributed by atoms with Crippen LogP contribution in [0.4, 0.5) is 23.2 Å². The van der Waals surface area contributed by atoms with Crippen LogP contribution >= 0.6 is 11.6 Å². The monoisotopic (exact) mass is 351 g/mol. The summed E-state index contributed by atoms with van der Waals surface area (Å²) in [5.41, 5.74) is -4.64. The second-order valence-electron chi connectivity index (χ2n) is 4.41. The van der Waals surface area contributed by atoms with E-state index >= 15 is 0 Å². The van der Waals surface area contributed by atoms with E-state index in [1.165, 1.54) is 0 Å². The first kappa shape index (κ1) is 16.9. The minimum absolute atomic E-state index is 0.309. The van der Waals surface area contributed by atoms with Crippen molar-refractivity contribution in [2.45, 2.75) is 13.1 Å². The summed E-state index contributed by atoms with van der Waals surface area (Å²) in [4.78, 5) is 21.9. The highest BCUT2D eigenvalue weighted by atomic mass is 35.5. The molecule has 0 amide bonds.